The Morgan fingerprint density at radius 1 is 1.35 bits per heavy atom. The van der Waals surface area contributed by atoms with Crippen LogP contribution in [0.1, 0.15) is 35.3 Å². The van der Waals surface area contributed by atoms with Gasteiger partial charge in [0.1, 0.15) is 0 Å². The van der Waals surface area contributed by atoms with Gasteiger partial charge in [-0.3, -0.25) is 4.79 Å². The van der Waals surface area contributed by atoms with E-state index in [-0.39, 0.29) is 5.91 Å². The van der Waals surface area contributed by atoms with E-state index in [0.29, 0.717) is 18.1 Å². The van der Waals surface area contributed by atoms with Gasteiger partial charge in [-0.25, -0.2) is 0 Å². The lowest BCUT2D eigenvalue weighted by molar-refractivity contribution is 0.0931. The molecule has 4 rings (SSSR count). The van der Waals surface area contributed by atoms with Gasteiger partial charge in [-0.05, 0) is 50.5 Å². The van der Waals surface area contributed by atoms with E-state index in [2.05, 4.69) is 28.0 Å². The second kappa shape index (κ2) is 4.35. The maximum Gasteiger partial charge on any atom is 0.251 e. The van der Waals surface area contributed by atoms with Gasteiger partial charge in [0, 0.05) is 41.1 Å². The van der Waals surface area contributed by atoms with Crippen LogP contribution in [-0.4, -0.2) is 28.4 Å². The Kier molecular flexibility index (Phi) is 2.60. The molecule has 2 N–H and O–H groups in total. The number of amides is 1. The van der Waals surface area contributed by atoms with Crippen LogP contribution in [0.4, 0.5) is 0 Å². The van der Waals surface area contributed by atoms with Gasteiger partial charge in [0.25, 0.3) is 5.91 Å². The number of nitrogens with one attached hydrogen (secondary N) is 2. The summed E-state index contributed by atoms with van der Waals surface area (Å²) in [6.45, 7) is 2.06. The van der Waals surface area contributed by atoms with Crippen molar-refractivity contribution in [1.82, 2.24) is 15.0 Å². The highest BCUT2D eigenvalue weighted by atomic mass is 16.1. The summed E-state index contributed by atoms with van der Waals surface area (Å²) in [6.07, 6.45) is 5.49. The molecule has 1 amide bonds. The van der Waals surface area contributed by atoms with E-state index < -0.39 is 0 Å². The molecule has 3 atom stereocenters. The number of fused-ring (bicyclic) bond motifs is 3. The van der Waals surface area contributed by atoms with Crippen molar-refractivity contribution in [3.8, 4) is 0 Å². The van der Waals surface area contributed by atoms with Gasteiger partial charge in [0.2, 0.25) is 0 Å². The van der Waals surface area contributed by atoms with Gasteiger partial charge in [-0.1, -0.05) is 0 Å². The van der Waals surface area contributed by atoms with Crippen molar-refractivity contribution in [3.05, 3.63) is 41.7 Å². The molecule has 4 heterocycles. The largest absolute Gasteiger partial charge is 0.348 e. The van der Waals surface area contributed by atoms with Crippen LogP contribution in [0.15, 0.2) is 30.5 Å². The Morgan fingerprint density at radius 3 is 3.00 bits per heavy atom. The van der Waals surface area contributed by atoms with E-state index in [0.717, 1.165) is 17.5 Å². The first-order chi connectivity index (χ1) is 9.70. The maximum atomic E-state index is 12.4. The standard InChI is InChI=1S/C16H19N3O/c1-10-2-4-13-8-11(6-7-19(10)13)16(20)18-15-9-12-3-5-14(15)17-12/h2,4,6-8,12,14-15,17H,3,5,9H2,1H3,(H,18,20). The minimum Gasteiger partial charge on any atom is -0.348 e. The van der Waals surface area contributed by atoms with E-state index >= 15 is 0 Å². The second-order valence-corrected chi connectivity index (χ2v) is 6.05. The molecule has 3 unspecified atom stereocenters. The first kappa shape index (κ1) is 12.0. The summed E-state index contributed by atoms with van der Waals surface area (Å²) < 4.78 is 2.09. The summed E-state index contributed by atoms with van der Waals surface area (Å²) in [5.41, 5.74) is 3.00. The Morgan fingerprint density at radius 2 is 2.25 bits per heavy atom. The fraction of sp³-hybridized carbons (Fsp3) is 0.438. The van der Waals surface area contributed by atoms with Crippen molar-refractivity contribution in [1.29, 1.82) is 0 Å². The lowest BCUT2D eigenvalue weighted by atomic mass is 9.95. The number of rotatable bonds is 2. The molecule has 2 fully saturated rings. The van der Waals surface area contributed by atoms with E-state index in [1.807, 2.05) is 24.4 Å². The summed E-state index contributed by atoms with van der Waals surface area (Å²) in [4.78, 5) is 12.4. The number of hydrogen-bond acceptors (Lipinski definition) is 2. The highest BCUT2D eigenvalue weighted by Gasteiger charge is 2.39. The molecule has 0 aromatic carbocycles. The molecule has 104 valence electrons. The smallest absolute Gasteiger partial charge is 0.251 e. The molecule has 4 nitrogen and oxygen atoms in total. The average molecular weight is 269 g/mol. The summed E-state index contributed by atoms with van der Waals surface area (Å²) in [7, 11) is 0. The zero-order chi connectivity index (χ0) is 13.7. The van der Waals surface area contributed by atoms with Gasteiger partial charge in [0.15, 0.2) is 0 Å². The molecule has 2 aliphatic rings. The van der Waals surface area contributed by atoms with Gasteiger partial charge in [-0.2, -0.15) is 0 Å². The third-order valence-corrected chi connectivity index (χ3v) is 4.74. The van der Waals surface area contributed by atoms with Crippen molar-refractivity contribution in [3.63, 3.8) is 0 Å². The Labute approximate surface area is 118 Å². The third kappa shape index (κ3) is 1.83. The van der Waals surface area contributed by atoms with Crippen LogP contribution in [0.25, 0.3) is 5.52 Å². The van der Waals surface area contributed by atoms with Gasteiger partial charge in [-0.15, -0.1) is 0 Å². The molecule has 0 aliphatic carbocycles. The number of aromatic nitrogens is 1. The monoisotopic (exact) mass is 269 g/mol. The van der Waals surface area contributed by atoms with E-state index in [1.54, 1.807) is 0 Å². The zero-order valence-electron chi connectivity index (χ0n) is 11.6. The minimum atomic E-state index is 0.0469. The fourth-order valence-corrected chi connectivity index (χ4v) is 3.63. The van der Waals surface area contributed by atoms with Crippen LogP contribution >= 0.6 is 0 Å². The molecule has 2 aliphatic heterocycles. The molecule has 2 aromatic heterocycles. The first-order valence-electron chi connectivity index (χ1n) is 7.35. The molecule has 2 bridgehead atoms. The number of hydrogen-bond donors (Lipinski definition) is 2. The van der Waals surface area contributed by atoms with Crippen molar-refractivity contribution < 1.29 is 4.79 Å². The summed E-state index contributed by atoms with van der Waals surface area (Å²) in [5, 5.41) is 6.74. The number of aryl methyl sites for hydroxylation is 1. The Hall–Kier alpha value is -1.81. The number of carbonyl (C=O) groups is 1. The van der Waals surface area contributed by atoms with Crippen LogP contribution in [0, 0.1) is 6.92 Å². The van der Waals surface area contributed by atoms with Crippen molar-refractivity contribution in [2.24, 2.45) is 0 Å². The molecule has 0 radical (unpaired) electrons. The summed E-state index contributed by atoms with van der Waals surface area (Å²) in [5.74, 6) is 0.0469. The molecular weight excluding hydrogens is 250 g/mol. The fourth-order valence-electron chi connectivity index (χ4n) is 3.63. The molecular formula is C16H19N3O. The van der Waals surface area contributed by atoms with Gasteiger partial charge < -0.3 is 15.0 Å². The lowest BCUT2D eigenvalue weighted by Gasteiger charge is -2.21. The van der Waals surface area contributed by atoms with Gasteiger partial charge >= 0.3 is 0 Å². The highest BCUT2D eigenvalue weighted by molar-refractivity contribution is 5.95. The predicted octanol–water partition coefficient (Wildman–Crippen LogP) is 1.87. The Balaban J connectivity index is 1.54. The Bertz CT molecular complexity index is 675. The van der Waals surface area contributed by atoms with Gasteiger partial charge in [0.05, 0.1) is 0 Å². The lowest BCUT2D eigenvalue weighted by Crippen LogP contribution is -2.42. The SMILES string of the molecule is Cc1ccc2cc(C(=O)NC3CC4CCC3N4)ccn12. The highest BCUT2D eigenvalue weighted by Crippen LogP contribution is 2.28. The topological polar surface area (TPSA) is 45.5 Å². The van der Waals surface area contributed by atoms with Crippen LogP contribution in [0.5, 0.6) is 0 Å². The minimum absolute atomic E-state index is 0.0469. The van der Waals surface area contributed by atoms with E-state index in [9.17, 15) is 4.79 Å². The molecule has 4 heteroatoms. The van der Waals surface area contributed by atoms with Crippen LogP contribution in [0.2, 0.25) is 0 Å². The maximum absolute atomic E-state index is 12.4. The average Bonchev–Trinajstić information content (AvgIpc) is 3.14. The van der Waals surface area contributed by atoms with E-state index in [4.69, 9.17) is 0 Å². The number of carbonyl (C=O) groups excluding carboxylic acids is 1. The first-order valence-corrected chi connectivity index (χ1v) is 7.35. The third-order valence-electron chi connectivity index (χ3n) is 4.74. The van der Waals surface area contributed by atoms with Crippen LogP contribution < -0.4 is 10.6 Å². The molecule has 0 saturated carbocycles. The number of pyridine rings is 1. The quantitative estimate of drug-likeness (QED) is 0.874. The summed E-state index contributed by atoms with van der Waals surface area (Å²) >= 11 is 0. The van der Waals surface area contributed by atoms with Crippen molar-refractivity contribution in [2.75, 3.05) is 0 Å². The molecule has 2 aromatic rings. The molecule has 2 saturated heterocycles. The van der Waals surface area contributed by atoms with Crippen molar-refractivity contribution >= 4 is 11.4 Å². The molecule has 0 spiro atoms. The summed E-state index contributed by atoms with van der Waals surface area (Å²) in [6, 6.07) is 9.36. The normalized spacial score (nSPS) is 28.1. The number of nitrogens with zero attached hydrogens (tertiary/aromatic N) is 1. The van der Waals surface area contributed by atoms with Crippen molar-refractivity contribution in [2.45, 2.75) is 44.3 Å². The second-order valence-electron chi connectivity index (χ2n) is 6.05. The predicted molar refractivity (Wildman–Crippen MR) is 78.0 cm³/mol. The van der Waals surface area contributed by atoms with Crippen LogP contribution in [0.3, 0.4) is 0 Å². The molecule has 20 heavy (non-hydrogen) atoms. The zero-order valence-corrected chi connectivity index (χ0v) is 11.6. The van der Waals surface area contributed by atoms with Crippen LogP contribution in [-0.2, 0) is 0 Å². The van der Waals surface area contributed by atoms with E-state index in [1.165, 1.54) is 18.5 Å².